The van der Waals surface area contributed by atoms with E-state index in [0.717, 1.165) is 5.56 Å². The monoisotopic (exact) mass is 379 g/mol. The van der Waals surface area contributed by atoms with Crippen LogP contribution >= 0.6 is 11.3 Å². The van der Waals surface area contributed by atoms with Gasteiger partial charge in [0.05, 0.1) is 17.8 Å². The van der Waals surface area contributed by atoms with Crippen LogP contribution in [0, 0.1) is 6.92 Å². The molecule has 10 heteroatoms. The maximum absolute atomic E-state index is 12.8. The molecular formula is C15H17N5O3S2. The molecule has 0 spiro atoms. The fourth-order valence-corrected chi connectivity index (χ4v) is 5.24. The van der Waals surface area contributed by atoms with E-state index in [1.807, 2.05) is 16.8 Å². The number of aromatic nitrogens is 4. The maximum atomic E-state index is 12.8. The number of sulfonamides is 1. The molecule has 1 aliphatic rings. The molecule has 0 saturated carbocycles. The molecule has 25 heavy (non-hydrogen) atoms. The zero-order chi connectivity index (χ0) is 17.6. The van der Waals surface area contributed by atoms with Gasteiger partial charge in [-0.05, 0) is 24.8 Å². The number of rotatable bonds is 4. The third-order valence-electron chi connectivity index (χ3n) is 4.52. The second-order valence-electron chi connectivity index (χ2n) is 6.02. The van der Waals surface area contributed by atoms with E-state index in [4.69, 9.17) is 4.42 Å². The molecule has 1 saturated heterocycles. The van der Waals surface area contributed by atoms with E-state index >= 15 is 0 Å². The summed E-state index contributed by atoms with van der Waals surface area (Å²) >= 11 is 1.56. The van der Waals surface area contributed by atoms with Crippen molar-refractivity contribution >= 4 is 21.4 Å². The first kappa shape index (κ1) is 16.4. The van der Waals surface area contributed by atoms with Gasteiger partial charge in [-0.2, -0.15) is 20.7 Å². The zero-order valence-electron chi connectivity index (χ0n) is 13.8. The fraction of sp³-hybridized carbons (Fsp3) is 0.400. The molecule has 4 rings (SSSR count). The van der Waals surface area contributed by atoms with E-state index in [-0.39, 0.29) is 10.8 Å². The molecule has 8 nitrogen and oxygen atoms in total. The highest BCUT2D eigenvalue weighted by Crippen LogP contribution is 2.32. The molecule has 0 N–H and O–H groups in total. The van der Waals surface area contributed by atoms with Gasteiger partial charge in [0.15, 0.2) is 0 Å². The molecule has 0 unspecified atom stereocenters. The van der Waals surface area contributed by atoms with Gasteiger partial charge in [0.1, 0.15) is 4.90 Å². The summed E-state index contributed by atoms with van der Waals surface area (Å²) in [5.41, 5.74) is 1.51. The molecule has 3 aromatic rings. The van der Waals surface area contributed by atoms with Crippen molar-refractivity contribution in [2.24, 2.45) is 7.05 Å². The minimum atomic E-state index is -3.56. The normalized spacial score (nSPS) is 18.9. The summed E-state index contributed by atoms with van der Waals surface area (Å²) < 4.78 is 34.5. The van der Waals surface area contributed by atoms with Gasteiger partial charge in [-0.15, -0.1) is 10.2 Å². The van der Waals surface area contributed by atoms with Crippen molar-refractivity contribution in [2.75, 3.05) is 13.1 Å². The zero-order valence-corrected chi connectivity index (χ0v) is 15.4. The van der Waals surface area contributed by atoms with Crippen molar-refractivity contribution < 1.29 is 12.8 Å². The lowest BCUT2D eigenvalue weighted by Gasteiger charge is -2.15. The van der Waals surface area contributed by atoms with Gasteiger partial charge < -0.3 is 4.42 Å². The van der Waals surface area contributed by atoms with E-state index < -0.39 is 10.0 Å². The summed E-state index contributed by atoms with van der Waals surface area (Å²) in [6.45, 7) is 2.51. The summed E-state index contributed by atoms with van der Waals surface area (Å²) in [5, 5.41) is 16.1. The third kappa shape index (κ3) is 2.79. The van der Waals surface area contributed by atoms with E-state index in [1.165, 1.54) is 10.5 Å². The topological polar surface area (TPSA) is 94.1 Å². The molecule has 1 atom stereocenters. The molecular weight excluding hydrogens is 362 g/mol. The van der Waals surface area contributed by atoms with Crippen molar-refractivity contribution in [3.05, 3.63) is 34.6 Å². The minimum Gasteiger partial charge on any atom is -0.420 e. The molecule has 0 radical (unpaired) electrons. The van der Waals surface area contributed by atoms with Crippen LogP contribution in [-0.2, 0) is 17.1 Å². The number of hydrogen-bond acceptors (Lipinski definition) is 7. The first-order chi connectivity index (χ1) is 12.0. The van der Waals surface area contributed by atoms with Crippen LogP contribution in [0.1, 0.15) is 23.9 Å². The van der Waals surface area contributed by atoms with Crippen molar-refractivity contribution in [3.8, 4) is 11.5 Å². The molecule has 1 aliphatic heterocycles. The Morgan fingerprint density at radius 1 is 1.36 bits per heavy atom. The third-order valence-corrected chi connectivity index (χ3v) is 7.17. The Bertz CT molecular complexity index is 990. The van der Waals surface area contributed by atoms with Crippen molar-refractivity contribution in [1.29, 1.82) is 0 Å². The van der Waals surface area contributed by atoms with Crippen molar-refractivity contribution in [1.82, 2.24) is 24.3 Å². The molecule has 1 fully saturated rings. The molecule has 0 amide bonds. The number of thiophene rings is 1. The second kappa shape index (κ2) is 6.04. The van der Waals surface area contributed by atoms with Crippen LogP contribution in [0.15, 0.2) is 32.3 Å². The highest BCUT2D eigenvalue weighted by molar-refractivity contribution is 7.89. The average Bonchev–Trinajstić information content (AvgIpc) is 3.36. The highest BCUT2D eigenvalue weighted by Gasteiger charge is 2.37. The van der Waals surface area contributed by atoms with Crippen molar-refractivity contribution in [3.63, 3.8) is 0 Å². The molecule has 0 aliphatic carbocycles. The van der Waals surface area contributed by atoms with Gasteiger partial charge >= 0.3 is 0 Å². The summed E-state index contributed by atoms with van der Waals surface area (Å²) in [6.07, 6.45) is 2.06. The lowest BCUT2D eigenvalue weighted by atomic mass is 10.1. The Balaban J connectivity index is 1.54. The summed E-state index contributed by atoms with van der Waals surface area (Å²) in [7, 11) is -1.84. The Labute approximate surface area is 149 Å². The fourth-order valence-electron chi connectivity index (χ4n) is 2.92. The van der Waals surface area contributed by atoms with E-state index in [9.17, 15) is 8.42 Å². The molecule has 132 valence electrons. The van der Waals surface area contributed by atoms with Crippen molar-refractivity contribution in [2.45, 2.75) is 24.2 Å². The van der Waals surface area contributed by atoms with Gasteiger partial charge in [0.25, 0.3) is 0 Å². The van der Waals surface area contributed by atoms with Gasteiger partial charge in [-0.25, -0.2) is 8.42 Å². The first-order valence-electron chi connectivity index (χ1n) is 7.81. The predicted octanol–water partition coefficient (Wildman–Crippen LogP) is 2.02. The molecule has 3 aromatic heterocycles. The number of nitrogens with zero attached hydrogens (tertiary/aromatic N) is 5. The Morgan fingerprint density at radius 2 is 2.20 bits per heavy atom. The van der Waals surface area contributed by atoms with Gasteiger partial charge in [0, 0.05) is 31.1 Å². The molecule has 4 heterocycles. The highest BCUT2D eigenvalue weighted by atomic mass is 32.2. The largest absolute Gasteiger partial charge is 0.420 e. The van der Waals surface area contributed by atoms with Crippen LogP contribution < -0.4 is 0 Å². The van der Waals surface area contributed by atoms with Crippen LogP contribution in [0.2, 0.25) is 0 Å². The van der Waals surface area contributed by atoms with Crippen LogP contribution in [0.5, 0.6) is 0 Å². The summed E-state index contributed by atoms with van der Waals surface area (Å²) in [5.74, 6) is 0.870. The van der Waals surface area contributed by atoms with Crippen LogP contribution in [-0.4, -0.2) is 45.8 Å². The maximum Gasteiger partial charge on any atom is 0.248 e. The Hall–Kier alpha value is -2.04. The minimum absolute atomic E-state index is 0.0911. The second-order valence-corrected chi connectivity index (χ2v) is 8.71. The van der Waals surface area contributed by atoms with E-state index in [1.54, 1.807) is 30.0 Å². The summed E-state index contributed by atoms with van der Waals surface area (Å²) in [4.78, 5) is 0.250. The lowest BCUT2D eigenvalue weighted by molar-refractivity contribution is 0.440. The standard InChI is InChI=1S/C15H17N5O3S2/c1-10-13(7-16-19(10)2)25(21,22)20-5-3-11(8-20)14-17-18-15(23-14)12-4-6-24-9-12/h4,6-7,9,11H,3,5,8H2,1-2H3/t11-/m0/s1. The van der Waals surface area contributed by atoms with Crippen LogP contribution in [0.3, 0.4) is 0 Å². The summed E-state index contributed by atoms with van der Waals surface area (Å²) in [6, 6.07) is 1.92. The van der Waals surface area contributed by atoms with Gasteiger partial charge in [-0.1, -0.05) is 0 Å². The lowest BCUT2D eigenvalue weighted by Crippen LogP contribution is -2.29. The number of hydrogen-bond donors (Lipinski definition) is 0. The first-order valence-corrected chi connectivity index (χ1v) is 10.2. The average molecular weight is 379 g/mol. The number of aryl methyl sites for hydroxylation is 1. The smallest absolute Gasteiger partial charge is 0.248 e. The van der Waals surface area contributed by atoms with Crippen LogP contribution in [0.25, 0.3) is 11.5 Å². The Morgan fingerprint density at radius 3 is 2.88 bits per heavy atom. The quantitative estimate of drug-likeness (QED) is 0.688. The molecule has 0 aromatic carbocycles. The van der Waals surface area contributed by atoms with Gasteiger partial charge in [-0.3, -0.25) is 4.68 Å². The Kier molecular flexibility index (Phi) is 3.97. The predicted molar refractivity (Wildman–Crippen MR) is 91.7 cm³/mol. The molecule has 0 bridgehead atoms. The SMILES string of the molecule is Cc1c(S(=O)(=O)N2CC[C@H](c3nnc(-c4ccsc4)o3)C2)cnn1C. The van der Waals surface area contributed by atoms with Crippen LogP contribution in [0.4, 0.5) is 0 Å². The van der Waals surface area contributed by atoms with E-state index in [2.05, 4.69) is 15.3 Å². The van der Waals surface area contributed by atoms with Gasteiger partial charge in [0.2, 0.25) is 21.8 Å². The van der Waals surface area contributed by atoms with E-state index in [0.29, 0.717) is 37.0 Å².